The summed E-state index contributed by atoms with van der Waals surface area (Å²) in [5.41, 5.74) is 2.72. The molecule has 1 aliphatic carbocycles. The van der Waals surface area contributed by atoms with Gasteiger partial charge < -0.3 is 19.9 Å². The number of hydrogen-bond acceptors (Lipinski definition) is 4. The molecule has 1 N–H and O–H groups in total. The average Bonchev–Trinajstić information content (AvgIpc) is 2.85. The van der Waals surface area contributed by atoms with Gasteiger partial charge in [0.25, 0.3) is 11.8 Å². The molecule has 2 saturated heterocycles. The van der Waals surface area contributed by atoms with Gasteiger partial charge in [-0.15, -0.1) is 0 Å². The molecule has 0 spiro atoms. The second-order valence-corrected chi connectivity index (χ2v) is 8.77. The fourth-order valence-electron chi connectivity index (χ4n) is 4.82. The summed E-state index contributed by atoms with van der Waals surface area (Å²) >= 11 is 0. The minimum absolute atomic E-state index is 0.0496. The smallest absolute Gasteiger partial charge is 0.286 e. The van der Waals surface area contributed by atoms with E-state index in [-0.39, 0.29) is 24.0 Å². The van der Waals surface area contributed by atoms with Gasteiger partial charge in [-0.2, -0.15) is 0 Å². The van der Waals surface area contributed by atoms with Crippen LogP contribution >= 0.6 is 0 Å². The van der Waals surface area contributed by atoms with Crippen LogP contribution in [-0.4, -0.2) is 55.0 Å². The summed E-state index contributed by atoms with van der Waals surface area (Å²) in [7, 11) is 0. The molecule has 2 aliphatic heterocycles. The van der Waals surface area contributed by atoms with E-state index >= 15 is 0 Å². The van der Waals surface area contributed by atoms with Crippen LogP contribution in [0.4, 0.5) is 5.69 Å². The molecule has 2 unspecified atom stereocenters. The van der Waals surface area contributed by atoms with Crippen LogP contribution in [0.1, 0.15) is 41.6 Å². The van der Waals surface area contributed by atoms with Crippen molar-refractivity contribution in [3.05, 3.63) is 71.5 Å². The SMILES string of the molecule is O=C1NC2CCCCC2O/C1=C\c1ccc(C(=O)N2CCN(c3ccccc3)CC2)cc1. The molecule has 2 aromatic rings. The molecule has 5 rings (SSSR count). The topological polar surface area (TPSA) is 61.9 Å². The molecular weight excluding hydrogens is 402 g/mol. The van der Waals surface area contributed by atoms with Crippen LogP contribution in [0.2, 0.25) is 0 Å². The maximum Gasteiger partial charge on any atom is 0.286 e. The van der Waals surface area contributed by atoms with Gasteiger partial charge in [-0.1, -0.05) is 36.8 Å². The maximum absolute atomic E-state index is 13.0. The zero-order valence-electron chi connectivity index (χ0n) is 18.2. The Bertz CT molecular complexity index is 995. The molecule has 3 fully saturated rings. The Hall–Kier alpha value is -3.28. The number of para-hydroxylation sites is 1. The molecule has 6 heteroatoms. The van der Waals surface area contributed by atoms with Crippen LogP contribution in [-0.2, 0) is 9.53 Å². The summed E-state index contributed by atoms with van der Waals surface area (Å²) in [6.07, 6.45) is 6.09. The number of fused-ring (bicyclic) bond motifs is 1. The summed E-state index contributed by atoms with van der Waals surface area (Å²) in [5.74, 6) is 0.266. The molecule has 6 nitrogen and oxygen atoms in total. The van der Waals surface area contributed by atoms with Crippen molar-refractivity contribution in [1.82, 2.24) is 10.2 Å². The Morgan fingerprint density at radius 3 is 2.41 bits per heavy atom. The molecule has 0 aromatic heterocycles. The van der Waals surface area contributed by atoms with Gasteiger partial charge in [0.05, 0.1) is 6.04 Å². The number of carbonyl (C=O) groups excluding carboxylic acids is 2. The third kappa shape index (κ3) is 4.35. The first kappa shape index (κ1) is 20.6. The zero-order chi connectivity index (χ0) is 21.9. The molecule has 2 amide bonds. The highest BCUT2D eigenvalue weighted by Gasteiger charge is 2.35. The molecule has 166 valence electrons. The van der Waals surface area contributed by atoms with Gasteiger partial charge in [0.1, 0.15) is 6.10 Å². The van der Waals surface area contributed by atoms with E-state index in [1.165, 1.54) is 5.69 Å². The highest BCUT2D eigenvalue weighted by molar-refractivity contribution is 5.97. The second kappa shape index (κ2) is 9.07. The Morgan fingerprint density at radius 1 is 0.938 bits per heavy atom. The molecule has 2 aromatic carbocycles. The Kier molecular flexibility index (Phi) is 5.84. The van der Waals surface area contributed by atoms with Crippen LogP contribution in [0, 0.1) is 0 Å². The predicted octanol–water partition coefficient (Wildman–Crippen LogP) is 3.45. The summed E-state index contributed by atoms with van der Waals surface area (Å²) in [6.45, 7) is 3.06. The van der Waals surface area contributed by atoms with Crippen molar-refractivity contribution in [2.45, 2.75) is 37.8 Å². The van der Waals surface area contributed by atoms with Gasteiger partial charge in [0.15, 0.2) is 5.76 Å². The normalized spacial score (nSPS) is 24.5. The quantitative estimate of drug-likeness (QED) is 0.757. The third-order valence-electron chi connectivity index (χ3n) is 6.66. The second-order valence-electron chi connectivity index (χ2n) is 8.77. The first-order chi connectivity index (χ1) is 15.7. The highest BCUT2D eigenvalue weighted by atomic mass is 16.5. The number of nitrogens with zero attached hydrogens (tertiary/aromatic N) is 2. The van der Waals surface area contributed by atoms with Crippen LogP contribution < -0.4 is 10.2 Å². The van der Waals surface area contributed by atoms with E-state index in [9.17, 15) is 9.59 Å². The lowest BCUT2D eigenvalue weighted by Crippen LogP contribution is -2.51. The van der Waals surface area contributed by atoms with Crippen LogP contribution in [0.15, 0.2) is 60.4 Å². The van der Waals surface area contributed by atoms with Crippen LogP contribution in [0.3, 0.4) is 0 Å². The molecule has 0 radical (unpaired) electrons. The molecule has 2 heterocycles. The van der Waals surface area contributed by atoms with Crippen molar-refractivity contribution in [2.75, 3.05) is 31.1 Å². The lowest BCUT2D eigenvalue weighted by atomic mass is 9.91. The van der Waals surface area contributed by atoms with Crippen molar-refractivity contribution in [3.8, 4) is 0 Å². The first-order valence-corrected chi connectivity index (χ1v) is 11.6. The number of benzene rings is 2. The number of nitrogens with one attached hydrogen (secondary N) is 1. The van der Waals surface area contributed by atoms with Gasteiger partial charge in [-0.25, -0.2) is 0 Å². The number of amides is 2. The lowest BCUT2D eigenvalue weighted by molar-refractivity contribution is -0.129. The number of morpholine rings is 1. The van der Waals surface area contributed by atoms with Gasteiger partial charge in [-0.3, -0.25) is 9.59 Å². The monoisotopic (exact) mass is 431 g/mol. The molecule has 2 atom stereocenters. The fourth-order valence-corrected chi connectivity index (χ4v) is 4.82. The van der Waals surface area contributed by atoms with E-state index in [1.807, 2.05) is 47.4 Å². The third-order valence-corrected chi connectivity index (χ3v) is 6.66. The number of hydrogen-bond donors (Lipinski definition) is 1. The van der Waals surface area contributed by atoms with Gasteiger partial charge in [0.2, 0.25) is 0 Å². The van der Waals surface area contributed by atoms with E-state index < -0.39 is 0 Å². The molecule has 0 bridgehead atoms. The average molecular weight is 432 g/mol. The van der Waals surface area contributed by atoms with Crippen LogP contribution in [0.5, 0.6) is 0 Å². The van der Waals surface area contributed by atoms with Crippen molar-refractivity contribution < 1.29 is 14.3 Å². The van der Waals surface area contributed by atoms with Gasteiger partial charge >= 0.3 is 0 Å². The van der Waals surface area contributed by atoms with Gasteiger partial charge in [-0.05, 0) is 55.2 Å². The van der Waals surface area contributed by atoms with E-state index in [1.54, 1.807) is 6.08 Å². The first-order valence-electron chi connectivity index (χ1n) is 11.6. The summed E-state index contributed by atoms with van der Waals surface area (Å²) in [4.78, 5) is 29.6. The van der Waals surface area contributed by atoms with E-state index in [4.69, 9.17) is 4.74 Å². The number of anilines is 1. The predicted molar refractivity (Wildman–Crippen MR) is 124 cm³/mol. The zero-order valence-corrected chi connectivity index (χ0v) is 18.2. The van der Waals surface area contributed by atoms with E-state index in [0.717, 1.165) is 44.3 Å². The summed E-state index contributed by atoms with van der Waals surface area (Å²) in [5, 5.41) is 3.08. The van der Waals surface area contributed by atoms with E-state index in [2.05, 4.69) is 22.3 Å². The van der Waals surface area contributed by atoms with E-state index in [0.29, 0.717) is 24.4 Å². The van der Waals surface area contributed by atoms with Crippen molar-refractivity contribution in [3.63, 3.8) is 0 Å². The maximum atomic E-state index is 13.0. The highest BCUT2D eigenvalue weighted by Crippen LogP contribution is 2.28. The lowest BCUT2D eigenvalue weighted by Gasteiger charge is -2.37. The number of piperazine rings is 1. The number of rotatable bonds is 3. The number of carbonyl (C=O) groups is 2. The minimum Gasteiger partial charge on any atom is -0.483 e. The van der Waals surface area contributed by atoms with Crippen molar-refractivity contribution in [2.24, 2.45) is 0 Å². The minimum atomic E-state index is -0.149. The van der Waals surface area contributed by atoms with Crippen molar-refractivity contribution >= 4 is 23.6 Å². The molecule has 1 saturated carbocycles. The Labute approximate surface area is 188 Å². The van der Waals surface area contributed by atoms with Crippen molar-refractivity contribution in [1.29, 1.82) is 0 Å². The fraction of sp³-hybridized carbons (Fsp3) is 0.385. The molecule has 3 aliphatic rings. The number of ether oxygens (including phenoxy) is 1. The van der Waals surface area contributed by atoms with Gasteiger partial charge in [0, 0.05) is 37.4 Å². The largest absolute Gasteiger partial charge is 0.483 e. The standard InChI is InChI=1S/C26H29N3O3/c30-25-24(32-23-9-5-4-8-22(23)27-25)18-19-10-12-20(13-11-19)26(31)29-16-14-28(15-17-29)21-6-2-1-3-7-21/h1-3,6-7,10-13,18,22-23H,4-5,8-9,14-17H2,(H,27,30)/b24-18-. The Morgan fingerprint density at radius 2 is 1.66 bits per heavy atom. The summed E-state index contributed by atoms with van der Waals surface area (Å²) < 4.78 is 6.00. The Balaban J connectivity index is 1.21. The molecular formula is C26H29N3O3. The summed E-state index contributed by atoms with van der Waals surface area (Å²) in [6, 6.07) is 17.9. The van der Waals surface area contributed by atoms with Crippen LogP contribution in [0.25, 0.3) is 6.08 Å². The molecule has 32 heavy (non-hydrogen) atoms.